The maximum absolute atomic E-state index is 12.2. The predicted molar refractivity (Wildman–Crippen MR) is 106 cm³/mol. The van der Waals surface area contributed by atoms with Crippen molar-refractivity contribution in [2.24, 2.45) is 0 Å². The quantitative estimate of drug-likeness (QED) is 0.582. The zero-order chi connectivity index (χ0) is 17.6. The third-order valence-corrected chi connectivity index (χ3v) is 5.26. The fraction of sp³-hybridized carbons (Fsp3) is 0.286. The Morgan fingerprint density at radius 2 is 1.92 bits per heavy atom. The first-order valence-electron chi connectivity index (χ1n) is 8.65. The van der Waals surface area contributed by atoms with Gasteiger partial charge in [0.2, 0.25) is 5.91 Å². The van der Waals surface area contributed by atoms with Crippen molar-refractivity contribution < 1.29 is 4.79 Å². The number of benzene rings is 2. The summed E-state index contributed by atoms with van der Waals surface area (Å²) in [6.45, 7) is 2.03. The molecule has 0 bridgehead atoms. The second-order valence-corrected chi connectivity index (χ2v) is 7.16. The minimum absolute atomic E-state index is 0.0384. The molecule has 1 unspecified atom stereocenters. The number of aryl methyl sites for hydroxylation is 1. The molecule has 0 radical (unpaired) electrons. The molecule has 2 aromatic carbocycles. The van der Waals surface area contributed by atoms with Gasteiger partial charge in [0.05, 0.1) is 6.04 Å². The van der Waals surface area contributed by atoms with E-state index in [4.69, 9.17) is 0 Å². The molecule has 4 heteroatoms. The molecule has 0 spiro atoms. The Balaban J connectivity index is 1.49. The topological polar surface area (TPSA) is 44.9 Å². The summed E-state index contributed by atoms with van der Waals surface area (Å²) >= 11 is 1.72. The molecule has 1 atom stereocenters. The van der Waals surface area contributed by atoms with Gasteiger partial charge in [-0.3, -0.25) is 4.79 Å². The van der Waals surface area contributed by atoms with E-state index in [1.807, 2.05) is 13.0 Å². The van der Waals surface area contributed by atoms with E-state index in [1.54, 1.807) is 11.8 Å². The smallest absolute Gasteiger partial charge is 0.220 e. The minimum atomic E-state index is 0.0384. The van der Waals surface area contributed by atoms with Gasteiger partial charge in [-0.2, -0.15) is 0 Å². The average Bonchev–Trinajstić information content (AvgIpc) is 3.05. The summed E-state index contributed by atoms with van der Waals surface area (Å²) in [6.07, 6.45) is 6.43. The van der Waals surface area contributed by atoms with Crippen molar-refractivity contribution in [3.05, 3.63) is 65.9 Å². The molecule has 0 saturated heterocycles. The number of thioether (sulfide) groups is 1. The highest BCUT2D eigenvalue weighted by atomic mass is 32.2. The van der Waals surface area contributed by atoms with Crippen molar-refractivity contribution in [1.82, 2.24) is 10.3 Å². The van der Waals surface area contributed by atoms with Crippen LogP contribution in [0.15, 0.2) is 59.6 Å². The van der Waals surface area contributed by atoms with Gasteiger partial charge in [0, 0.05) is 28.4 Å². The number of para-hydroxylation sites is 1. The van der Waals surface area contributed by atoms with Crippen molar-refractivity contribution >= 4 is 28.6 Å². The van der Waals surface area contributed by atoms with E-state index < -0.39 is 0 Å². The van der Waals surface area contributed by atoms with Crippen LogP contribution < -0.4 is 5.32 Å². The molecular formula is C21H24N2OS. The molecule has 0 saturated carbocycles. The number of amides is 1. The maximum Gasteiger partial charge on any atom is 0.220 e. The molecule has 2 N–H and O–H groups in total. The van der Waals surface area contributed by atoms with Gasteiger partial charge in [-0.15, -0.1) is 11.8 Å². The molecule has 1 aromatic heterocycles. The van der Waals surface area contributed by atoms with E-state index in [0.29, 0.717) is 6.42 Å². The van der Waals surface area contributed by atoms with E-state index in [2.05, 4.69) is 65.2 Å². The van der Waals surface area contributed by atoms with Crippen LogP contribution in [0.25, 0.3) is 10.9 Å². The number of H-pyrrole nitrogens is 1. The summed E-state index contributed by atoms with van der Waals surface area (Å²) < 4.78 is 0. The van der Waals surface area contributed by atoms with Crippen LogP contribution in [0.1, 0.15) is 36.9 Å². The molecule has 0 aliphatic carbocycles. The highest BCUT2D eigenvalue weighted by Gasteiger charge is 2.10. The van der Waals surface area contributed by atoms with Gasteiger partial charge in [0.25, 0.3) is 0 Å². The molecule has 3 nitrogen and oxygen atoms in total. The predicted octanol–water partition coefficient (Wildman–Crippen LogP) is 5.09. The van der Waals surface area contributed by atoms with Gasteiger partial charge in [-0.25, -0.2) is 0 Å². The SMILES string of the molecule is CSc1ccc(C(C)NC(=O)CCCc2c[nH]c3ccccc23)cc1. The van der Waals surface area contributed by atoms with E-state index >= 15 is 0 Å². The van der Waals surface area contributed by atoms with E-state index in [0.717, 1.165) is 23.9 Å². The Morgan fingerprint density at radius 1 is 1.16 bits per heavy atom. The summed E-state index contributed by atoms with van der Waals surface area (Å²) in [5.41, 5.74) is 3.58. The first-order chi connectivity index (χ1) is 12.2. The van der Waals surface area contributed by atoms with Crippen molar-refractivity contribution in [2.45, 2.75) is 37.1 Å². The Hall–Kier alpha value is -2.20. The number of fused-ring (bicyclic) bond motifs is 1. The first kappa shape index (κ1) is 17.6. The van der Waals surface area contributed by atoms with Crippen molar-refractivity contribution in [2.75, 3.05) is 6.26 Å². The molecule has 1 amide bonds. The maximum atomic E-state index is 12.2. The standard InChI is InChI=1S/C21H24N2OS/c1-15(16-10-12-18(25-2)13-11-16)23-21(24)9-5-6-17-14-22-20-8-4-3-7-19(17)20/h3-4,7-8,10-15,22H,5-6,9H2,1-2H3,(H,23,24). The van der Waals surface area contributed by atoms with Crippen LogP contribution in [-0.4, -0.2) is 17.1 Å². The van der Waals surface area contributed by atoms with E-state index in [1.165, 1.54) is 15.8 Å². The van der Waals surface area contributed by atoms with Crippen LogP contribution in [0.4, 0.5) is 0 Å². The highest BCUT2D eigenvalue weighted by Crippen LogP contribution is 2.20. The van der Waals surface area contributed by atoms with Crippen LogP contribution in [0.3, 0.4) is 0 Å². The van der Waals surface area contributed by atoms with Crippen LogP contribution >= 0.6 is 11.8 Å². The third kappa shape index (κ3) is 4.45. The third-order valence-electron chi connectivity index (χ3n) is 4.52. The highest BCUT2D eigenvalue weighted by molar-refractivity contribution is 7.98. The van der Waals surface area contributed by atoms with E-state index in [-0.39, 0.29) is 11.9 Å². The number of carbonyl (C=O) groups excluding carboxylic acids is 1. The first-order valence-corrected chi connectivity index (χ1v) is 9.88. The van der Waals surface area contributed by atoms with E-state index in [9.17, 15) is 4.79 Å². The van der Waals surface area contributed by atoms with Crippen LogP contribution in [0, 0.1) is 0 Å². The van der Waals surface area contributed by atoms with Gasteiger partial charge in [0.15, 0.2) is 0 Å². The molecule has 1 heterocycles. The van der Waals surface area contributed by atoms with Gasteiger partial charge in [-0.1, -0.05) is 30.3 Å². The lowest BCUT2D eigenvalue weighted by atomic mass is 10.1. The minimum Gasteiger partial charge on any atom is -0.361 e. The lowest BCUT2D eigenvalue weighted by Gasteiger charge is -2.14. The summed E-state index contributed by atoms with van der Waals surface area (Å²) in [7, 11) is 0. The number of aromatic amines is 1. The fourth-order valence-electron chi connectivity index (χ4n) is 3.07. The number of rotatable bonds is 7. The second-order valence-electron chi connectivity index (χ2n) is 6.28. The van der Waals surface area contributed by atoms with Crippen molar-refractivity contribution in [1.29, 1.82) is 0 Å². The fourth-order valence-corrected chi connectivity index (χ4v) is 3.48. The Bertz CT molecular complexity index is 838. The Labute approximate surface area is 153 Å². The molecule has 3 aromatic rings. The van der Waals surface area contributed by atoms with Crippen molar-refractivity contribution in [3.63, 3.8) is 0 Å². The van der Waals surface area contributed by atoms with Gasteiger partial charge in [0.1, 0.15) is 0 Å². The van der Waals surface area contributed by atoms with Crippen LogP contribution in [-0.2, 0) is 11.2 Å². The largest absolute Gasteiger partial charge is 0.361 e. The zero-order valence-electron chi connectivity index (χ0n) is 14.7. The summed E-state index contributed by atoms with van der Waals surface area (Å²) in [5, 5.41) is 4.35. The molecular weight excluding hydrogens is 328 g/mol. The summed E-state index contributed by atoms with van der Waals surface area (Å²) in [6, 6.07) is 16.7. The number of hydrogen-bond acceptors (Lipinski definition) is 2. The molecule has 0 aliphatic rings. The van der Waals surface area contributed by atoms with Gasteiger partial charge >= 0.3 is 0 Å². The molecule has 130 valence electrons. The van der Waals surface area contributed by atoms with Crippen LogP contribution in [0.5, 0.6) is 0 Å². The molecule has 25 heavy (non-hydrogen) atoms. The lowest BCUT2D eigenvalue weighted by Crippen LogP contribution is -2.26. The number of aromatic nitrogens is 1. The number of hydrogen-bond donors (Lipinski definition) is 2. The Kier molecular flexibility index (Phi) is 5.82. The van der Waals surface area contributed by atoms with Gasteiger partial charge in [-0.05, 0) is 55.3 Å². The number of nitrogens with one attached hydrogen (secondary N) is 2. The molecule has 3 rings (SSSR count). The monoisotopic (exact) mass is 352 g/mol. The zero-order valence-corrected chi connectivity index (χ0v) is 15.5. The normalized spacial score (nSPS) is 12.2. The lowest BCUT2D eigenvalue weighted by molar-refractivity contribution is -0.121. The number of carbonyl (C=O) groups is 1. The summed E-state index contributed by atoms with van der Waals surface area (Å²) in [5.74, 6) is 0.112. The average molecular weight is 353 g/mol. The van der Waals surface area contributed by atoms with Crippen LogP contribution in [0.2, 0.25) is 0 Å². The molecule has 0 fully saturated rings. The Morgan fingerprint density at radius 3 is 2.68 bits per heavy atom. The molecule has 0 aliphatic heterocycles. The second kappa shape index (κ2) is 8.26. The summed E-state index contributed by atoms with van der Waals surface area (Å²) in [4.78, 5) is 16.7. The van der Waals surface area contributed by atoms with Crippen molar-refractivity contribution in [3.8, 4) is 0 Å². The van der Waals surface area contributed by atoms with Gasteiger partial charge < -0.3 is 10.3 Å².